The molecule has 0 fully saturated rings. The Kier molecular flexibility index (Phi) is 7.33. The minimum atomic E-state index is 0.638. The van der Waals surface area contributed by atoms with Crippen molar-refractivity contribution in [3.63, 3.8) is 0 Å². The Bertz CT molecular complexity index is 635. The molecule has 0 radical (unpaired) electrons. The van der Waals surface area contributed by atoms with Gasteiger partial charge in [-0.05, 0) is 41.4 Å². The molecule has 0 N–H and O–H groups in total. The maximum absolute atomic E-state index is 4.61. The van der Waals surface area contributed by atoms with Crippen molar-refractivity contribution < 1.29 is 0 Å². The van der Waals surface area contributed by atoms with Gasteiger partial charge in [-0.25, -0.2) is 9.97 Å². The van der Waals surface area contributed by atoms with E-state index in [0.717, 1.165) is 21.4 Å². The molecule has 0 amide bonds. The fourth-order valence-electron chi connectivity index (χ4n) is 1.63. The van der Waals surface area contributed by atoms with Gasteiger partial charge in [0.1, 0.15) is 4.60 Å². The molecule has 0 bridgehead atoms. The van der Waals surface area contributed by atoms with Crippen LogP contribution in [0.4, 0.5) is 0 Å². The number of hydrogen-bond donors (Lipinski definition) is 0. The van der Waals surface area contributed by atoms with Crippen LogP contribution in [0.15, 0.2) is 72.4 Å². The topological polar surface area (TPSA) is 25.8 Å². The number of halogens is 1. The van der Waals surface area contributed by atoms with Gasteiger partial charge >= 0.3 is 0 Å². The third-order valence-corrected chi connectivity index (χ3v) is 3.07. The minimum Gasteiger partial charge on any atom is -0.228 e. The molecule has 0 aliphatic rings. The van der Waals surface area contributed by atoms with Gasteiger partial charge in [0, 0.05) is 5.57 Å². The van der Waals surface area contributed by atoms with Gasteiger partial charge < -0.3 is 0 Å². The van der Waals surface area contributed by atoms with E-state index in [1.807, 2.05) is 56.4 Å². The molecule has 0 unspecified atom stereocenters. The molecule has 21 heavy (non-hydrogen) atoms. The summed E-state index contributed by atoms with van der Waals surface area (Å²) in [5.41, 5.74) is 2.73. The first kappa shape index (κ1) is 17.1. The van der Waals surface area contributed by atoms with E-state index in [1.54, 1.807) is 12.2 Å². The predicted octanol–water partition coefficient (Wildman–Crippen LogP) is 5.53. The molecule has 3 heteroatoms. The summed E-state index contributed by atoms with van der Waals surface area (Å²) in [6.45, 7) is 11.4. The lowest BCUT2D eigenvalue weighted by molar-refractivity contribution is 1.08. The van der Waals surface area contributed by atoms with E-state index in [-0.39, 0.29) is 0 Å². The van der Waals surface area contributed by atoms with Gasteiger partial charge in [-0.2, -0.15) is 0 Å². The predicted molar refractivity (Wildman–Crippen MR) is 95.7 cm³/mol. The van der Waals surface area contributed by atoms with Crippen LogP contribution >= 0.6 is 15.9 Å². The molecule has 1 aromatic rings. The van der Waals surface area contributed by atoms with Gasteiger partial charge in [0.05, 0.1) is 5.69 Å². The average Bonchev–Trinajstić information content (AvgIpc) is 2.48. The van der Waals surface area contributed by atoms with Gasteiger partial charge in [-0.15, -0.1) is 0 Å². The highest BCUT2D eigenvalue weighted by Gasteiger charge is 2.07. The molecular weight excluding hydrogens is 324 g/mol. The fraction of sp³-hybridized carbons (Fsp3) is 0.111. The molecule has 0 aliphatic carbocycles. The van der Waals surface area contributed by atoms with Crippen molar-refractivity contribution in [3.05, 3.63) is 84.0 Å². The van der Waals surface area contributed by atoms with E-state index in [4.69, 9.17) is 0 Å². The molecule has 0 aromatic carbocycles. The van der Waals surface area contributed by atoms with Gasteiger partial charge in [0.15, 0.2) is 5.82 Å². The first-order valence-electron chi connectivity index (χ1n) is 6.62. The highest BCUT2D eigenvalue weighted by Crippen LogP contribution is 2.21. The highest BCUT2D eigenvalue weighted by atomic mass is 79.9. The third kappa shape index (κ3) is 5.12. The molecule has 0 saturated carbocycles. The average molecular weight is 343 g/mol. The van der Waals surface area contributed by atoms with Crippen molar-refractivity contribution >= 4 is 27.1 Å². The number of rotatable bonds is 6. The van der Waals surface area contributed by atoms with Crippen LogP contribution in [0.3, 0.4) is 0 Å². The summed E-state index contributed by atoms with van der Waals surface area (Å²) in [5.74, 6) is 0.638. The van der Waals surface area contributed by atoms with Gasteiger partial charge in [0.2, 0.25) is 0 Å². The van der Waals surface area contributed by atoms with Crippen molar-refractivity contribution in [3.8, 4) is 0 Å². The maximum Gasteiger partial charge on any atom is 0.161 e. The summed E-state index contributed by atoms with van der Waals surface area (Å²) >= 11 is 3.44. The summed E-state index contributed by atoms with van der Waals surface area (Å²) < 4.78 is 0.738. The van der Waals surface area contributed by atoms with Gasteiger partial charge in [0.25, 0.3) is 0 Å². The molecule has 0 atom stereocenters. The lowest BCUT2D eigenvalue weighted by Gasteiger charge is -2.06. The van der Waals surface area contributed by atoms with E-state index in [1.165, 1.54) is 0 Å². The fourth-order valence-corrected chi connectivity index (χ4v) is 2.01. The highest BCUT2D eigenvalue weighted by molar-refractivity contribution is 9.10. The number of nitrogens with zero attached hydrogens (tertiary/aromatic N) is 2. The van der Waals surface area contributed by atoms with E-state index in [9.17, 15) is 0 Å². The summed E-state index contributed by atoms with van der Waals surface area (Å²) in [6, 6.07) is 1.89. The lowest BCUT2D eigenvalue weighted by atomic mass is 10.1. The Hall–Kier alpha value is -2.00. The van der Waals surface area contributed by atoms with Crippen LogP contribution in [0.1, 0.15) is 25.4 Å². The van der Waals surface area contributed by atoms with Crippen LogP contribution in [0, 0.1) is 0 Å². The SMILES string of the molecule is C=C/C=C\C(=C/C)c1cc(Br)nc(/C(C=C)=C/C=C\C)n1. The van der Waals surface area contributed by atoms with Crippen molar-refractivity contribution in [2.75, 3.05) is 0 Å². The van der Waals surface area contributed by atoms with E-state index < -0.39 is 0 Å². The number of allylic oxidation sites excluding steroid dienone is 10. The maximum atomic E-state index is 4.61. The molecule has 0 aliphatic heterocycles. The zero-order valence-electron chi connectivity index (χ0n) is 12.4. The van der Waals surface area contributed by atoms with Gasteiger partial charge in [-0.1, -0.05) is 61.8 Å². The number of hydrogen-bond acceptors (Lipinski definition) is 2. The molecule has 1 heterocycles. The summed E-state index contributed by atoms with van der Waals surface area (Å²) in [7, 11) is 0. The molecule has 1 aromatic heterocycles. The molecule has 108 valence electrons. The summed E-state index contributed by atoms with van der Waals surface area (Å²) in [5, 5.41) is 0. The first-order valence-corrected chi connectivity index (χ1v) is 7.41. The zero-order valence-corrected chi connectivity index (χ0v) is 14.0. The largest absolute Gasteiger partial charge is 0.228 e. The molecular formula is C18H19BrN2. The lowest BCUT2D eigenvalue weighted by Crippen LogP contribution is -1.98. The second-order valence-corrected chi connectivity index (χ2v) is 4.90. The Morgan fingerprint density at radius 1 is 1.14 bits per heavy atom. The van der Waals surface area contributed by atoms with Crippen LogP contribution in [0.25, 0.3) is 11.1 Å². The quantitative estimate of drug-likeness (QED) is 0.501. The van der Waals surface area contributed by atoms with Crippen molar-refractivity contribution in [2.45, 2.75) is 13.8 Å². The second-order valence-electron chi connectivity index (χ2n) is 4.09. The number of aromatic nitrogens is 2. The molecule has 1 rings (SSSR count). The first-order chi connectivity index (χ1) is 10.2. The summed E-state index contributed by atoms with van der Waals surface area (Å²) in [6.07, 6.45) is 15.2. The van der Waals surface area contributed by atoms with Crippen LogP contribution in [-0.2, 0) is 0 Å². The molecule has 0 spiro atoms. The van der Waals surface area contributed by atoms with Crippen LogP contribution in [0.5, 0.6) is 0 Å². The second kappa shape index (κ2) is 9.03. The Morgan fingerprint density at radius 3 is 2.48 bits per heavy atom. The standard InChI is InChI=1S/C18H19BrN2/c1-5-9-11-14(7-3)16-13-17(19)21-18(20-16)15(8-4)12-10-6-2/h5-13H,1,4H2,2-3H3/b10-6-,11-9-,14-7+,15-12+. The van der Waals surface area contributed by atoms with Crippen LogP contribution in [-0.4, -0.2) is 9.97 Å². The van der Waals surface area contributed by atoms with Crippen molar-refractivity contribution in [2.24, 2.45) is 0 Å². The Balaban J connectivity index is 3.36. The molecule has 2 nitrogen and oxygen atoms in total. The Morgan fingerprint density at radius 2 is 1.90 bits per heavy atom. The van der Waals surface area contributed by atoms with Crippen LogP contribution in [0.2, 0.25) is 0 Å². The van der Waals surface area contributed by atoms with Crippen molar-refractivity contribution in [1.82, 2.24) is 9.97 Å². The van der Waals surface area contributed by atoms with E-state index in [0.29, 0.717) is 5.82 Å². The van der Waals surface area contributed by atoms with Crippen LogP contribution < -0.4 is 0 Å². The molecule has 0 saturated heterocycles. The minimum absolute atomic E-state index is 0.638. The monoisotopic (exact) mass is 342 g/mol. The van der Waals surface area contributed by atoms with Gasteiger partial charge in [-0.3, -0.25) is 0 Å². The summed E-state index contributed by atoms with van der Waals surface area (Å²) in [4.78, 5) is 9.03. The normalized spacial score (nSPS) is 13.1. The van der Waals surface area contributed by atoms with Crippen molar-refractivity contribution in [1.29, 1.82) is 0 Å². The Labute approximate surface area is 135 Å². The zero-order chi connectivity index (χ0) is 15.7. The smallest absolute Gasteiger partial charge is 0.161 e. The third-order valence-electron chi connectivity index (χ3n) is 2.66. The van der Waals surface area contributed by atoms with E-state index >= 15 is 0 Å². The van der Waals surface area contributed by atoms with E-state index in [2.05, 4.69) is 39.1 Å².